The number of hydrogen-bond acceptors (Lipinski definition) is 15. The van der Waals surface area contributed by atoms with Crippen LogP contribution >= 0.6 is 8.15 Å². The molecule has 0 amide bonds. The van der Waals surface area contributed by atoms with E-state index >= 15 is 0 Å². The van der Waals surface area contributed by atoms with Gasteiger partial charge in [-0.3, -0.25) is 74.7 Å². The molecule has 0 saturated carbocycles. The maximum atomic E-state index is 7.88. The Kier molecular flexibility index (Phi) is 68.0. The molecule has 6 aromatic rings. The molecule has 0 saturated heterocycles. The molecule has 0 spiro atoms. The van der Waals surface area contributed by atoms with Crippen LogP contribution in [0.15, 0.2) is 109 Å². The molecule has 20 heteroatoms. The van der Waals surface area contributed by atoms with E-state index in [4.69, 9.17) is 71.5 Å². The fourth-order valence-electron chi connectivity index (χ4n) is 9.49. The zero-order chi connectivity index (χ0) is 72.6. The number of hydrogen-bond donors (Lipinski definition) is 0. The van der Waals surface area contributed by atoms with E-state index in [2.05, 4.69) is 288 Å². The van der Waals surface area contributed by atoms with Crippen molar-refractivity contribution < 1.29 is 152 Å². The Balaban J connectivity index is -0.000000378. The second kappa shape index (κ2) is 60.1. The molecular formula is C76H95Ir4O15P-4. The molecule has 96 heavy (non-hydrogen) atoms. The van der Waals surface area contributed by atoms with Crippen LogP contribution in [-0.2, 0) is 181 Å². The molecule has 6 aromatic carbocycles. The van der Waals surface area contributed by atoms with Gasteiger partial charge in [-0.2, -0.15) is 0 Å². The summed E-state index contributed by atoms with van der Waals surface area (Å²) in [5, 5.41) is 2.42. The van der Waals surface area contributed by atoms with Gasteiger partial charge in [0.2, 0.25) is 8.15 Å². The van der Waals surface area contributed by atoms with Gasteiger partial charge in [-0.1, -0.05) is 189 Å². The summed E-state index contributed by atoms with van der Waals surface area (Å²) in [7, 11) is -1.79. The Bertz CT molecular complexity index is 2780. The molecule has 0 N–H and O–H groups in total. The van der Waals surface area contributed by atoms with E-state index in [-0.39, 0.29) is 102 Å². The fraction of sp³-hybridized carbons (Fsp3) is 0.382. The molecule has 8 bridgehead atoms. The van der Waals surface area contributed by atoms with E-state index < -0.39 is 8.15 Å². The normalized spacial score (nSPS) is 10.2. The number of ether oxygens (including phenoxy) is 3. The van der Waals surface area contributed by atoms with Gasteiger partial charge in [0.15, 0.2) is 5.75 Å². The van der Waals surface area contributed by atoms with Crippen LogP contribution in [0.1, 0.15) is 190 Å². The minimum absolute atomic E-state index is 0. The van der Waals surface area contributed by atoms with E-state index in [1.165, 1.54) is 77.4 Å². The van der Waals surface area contributed by atoms with Gasteiger partial charge in [0.25, 0.3) is 0 Å². The summed E-state index contributed by atoms with van der Waals surface area (Å²) in [6, 6.07) is 41.3. The van der Waals surface area contributed by atoms with Gasteiger partial charge in [0.05, 0.1) is 19.8 Å². The SMILES string of the molecule is CCCOc1c2cc(C(C)(C)C)cc1Cc1cc(C(C)(C)C)cc(c1OCCC)Cc1cc(C(C)(C)C)cc(c1O[PH+](c1ccccc1)c1ccccc1)Cc1cc(C(C)(C)C)cc(c1OCCC)C2.[CH-]=O.[CH-]=O.[CH-]=O.[CH-]=O.[CH-]=O.[CH-]=O.[CH-]=O.[CH-]=O.[CH-]=O.[CH-]=O.[CH-]=O.[Ir+3].[Ir+3].[Ir].[Ir]. The van der Waals surface area contributed by atoms with Gasteiger partial charge in [0.1, 0.15) is 27.9 Å². The first-order valence-electron chi connectivity index (χ1n) is 28.9. The maximum Gasteiger partial charge on any atom is 3.00 e. The molecule has 1 aliphatic carbocycles. The zero-order valence-corrected chi connectivity index (χ0v) is 68.4. The molecule has 0 aliphatic heterocycles. The van der Waals surface area contributed by atoms with Crippen LogP contribution in [0.2, 0.25) is 0 Å². The Hall–Kier alpha value is -6.08. The number of carbonyl (C=O) groups excluding carboxylic acids is 11. The smallest absolute Gasteiger partial charge is 0.545 e. The van der Waals surface area contributed by atoms with Crippen molar-refractivity contribution in [2.75, 3.05) is 19.8 Å². The second-order valence-electron chi connectivity index (χ2n) is 23.9. The molecule has 7 rings (SSSR count). The van der Waals surface area contributed by atoms with Gasteiger partial charge in [-0.05, 0) is 121 Å². The summed E-state index contributed by atoms with van der Waals surface area (Å²) in [5.74, 6) is 3.91. The third kappa shape index (κ3) is 34.9. The Morgan fingerprint density at radius 3 is 0.625 bits per heavy atom. The van der Waals surface area contributed by atoms with Gasteiger partial charge >= 0.3 is 40.2 Å². The summed E-state index contributed by atoms with van der Waals surface area (Å²) >= 11 is 0. The van der Waals surface area contributed by atoms with Crippen LogP contribution in [-0.4, -0.2) is 94.5 Å². The molecule has 0 aromatic heterocycles. The van der Waals surface area contributed by atoms with E-state index in [0.717, 1.165) is 42.3 Å². The van der Waals surface area contributed by atoms with Gasteiger partial charge in [-0.15, -0.1) is 0 Å². The quantitative estimate of drug-likeness (QED) is 0.0594. The van der Waals surface area contributed by atoms with Crippen LogP contribution in [0.3, 0.4) is 0 Å². The number of benzene rings is 6. The van der Waals surface area contributed by atoms with Crippen molar-refractivity contribution in [1.29, 1.82) is 0 Å². The largest absolute Gasteiger partial charge is 3.00 e. The van der Waals surface area contributed by atoms with E-state index in [1.54, 1.807) is 0 Å². The summed E-state index contributed by atoms with van der Waals surface area (Å²) in [6.45, 7) is 72.3. The van der Waals surface area contributed by atoms with Crippen LogP contribution in [0.25, 0.3) is 0 Å². The minimum Gasteiger partial charge on any atom is -0.545 e. The second-order valence-corrected chi connectivity index (χ2v) is 25.9. The topological polar surface area (TPSA) is 225 Å². The molecule has 0 heterocycles. The van der Waals surface area contributed by atoms with Crippen molar-refractivity contribution in [1.82, 2.24) is 0 Å². The van der Waals surface area contributed by atoms with Crippen LogP contribution in [0.5, 0.6) is 23.0 Å². The monoisotopic (exact) mass is 2050 g/mol. The van der Waals surface area contributed by atoms with Gasteiger partial charge in [0, 0.05) is 77.0 Å². The minimum atomic E-state index is -1.79. The molecule has 0 unspecified atom stereocenters. The predicted molar refractivity (Wildman–Crippen MR) is 375 cm³/mol. The average molecular weight is 2050 g/mol. The van der Waals surface area contributed by atoms with Gasteiger partial charge < -0.3 is 71.5 Å². The fourth-order valence-corrected chi connectivity index (χ4v) is 11.5. The van der Waals surface area contributed by atoms with Crippen molar-refractivity contribution in [3.8, 4) is 23.0 Å². The Labute approximate surface area is 629 Å². The first-order chi connectivity index (χ1) is 44.1. The van der Waals surface area contributed by atoms with Crippen molar-refractivity contribution in [3.05, 3.63) is 176 Å². The average Bonchev–Trinajstić information content (AvgIpc) is 0.768. The molecule has 1 aliphatic rings. The summed E-state index contributed by atoms with van der Waals surface area (Å²) in [5.41, 5.74) is 14.2. The summed E-state index contributed by atoms with van der Waals surface area (Å²) in [4.78, 5) is 85.2. The Morgan fingerprint density at radius 1 is 0.302 bits per heavy atom. The third-order valence-corrected chi connectivity index (χ3v) is 15.7. The third-order valence-electron chi connectivity index (χ3n) is 13.6. The molecular weight excluding hydrogens is 1950 g/mol. The van der Waals surface area contributed by atoms with Crippen molar-refractivity contribution >= 4 is 93.4 Å². The molecule has 0 fully saturated rings. The number of fused-ring (bicyclic) bond motifs is 8. The van der Waals surface area contributed by atoms with Crippen LogP contribution in [0, 0.1) is 0 Å². The predicted octanol–water partition coefficient (Wildman–Crippen LogP) is 13.1. The summed E-state index contributed by atoms with van der Waals surface area (Å²) in [6.07, 6.45) is 5.35. The van der Waals surface area contributed by atoms with Crippen LogP contribution in [0.4, 0.5) is 0 Å². The molecule has 0 atom stereocenters. The standard InChI is InChI=1S/C65H83O4P.11CHO.4Ir/c1-16-29-66-58-44-32-46-38-53(63(7,8)9)40-48(59(46)67-30-17-2)34-50-42-55(65(13,14)15)43-51(61(50)69-70(56-25-21-19-22-26-56)57-27-23-20-24-28-57)35-49-41-54(64(10,11)12)39-47(60(49)68-31-18-3)33-45(58)37-52(36-44)62(4,5)6;11*1-2;;;;/h19-28,36-43H,16-18,29-35H2,1-15H3;11*1H;;;;/q;11*-1;;;2*+3/p+1. The maximum absolute atomic E-state index is 7.88. The van der Waals surface area contributed by atoms with Crippen molar-refractivity contribution in [2.45, 2.75) is 170 Å². The number of rotatable bonds is 13. The molecule has 15 nitrogen and oxygen atoms in total. The van der Waals surface area contributed by atoms with E-state index in [0.29, 0.717) is 45.5 Å². The van der Waals surface area contributed by atoms with E-state index in [1.807, 2.05) is 0 Å². The summed E-state index contributed by atoms with van der Waals surface area (Å²) < 4.78 is 29.1. The van der Waals surface area contributed by atoms with Crippen LogP contribution < -0.4 is 29.3 Å². The van der Waals surface area contributed by atoms with Crippen molar-refractivity contribution in [3.63, 3.8) is 0 Å². The van der Waals surface area contributed by atoms with Gasteiger partial charge in [-0.25, -0.2) is 0 Å². The Morgan fingerprint density at radius 2 is 0.469 bits per heavy atom. The first kappa shape index (κ1) is 109. The van der Waals surface area contributed by atoms with Crippen molar-refractivity contribution in [2.24, 2.45) is 0 Å². The zero-order valence-electron chi connectivity index (χ0n) is 57.8. The molecule has 534 valence electrons. The van der Waals surface area contributed by atoms with E-state index in [9.17, 15) is 0 Å². The first-order valence-corrected chi connectivity index (χ1v) is 30.3. The molecule has 2 radical (unpaired) electrons.